The molecule has 0 saturated carbocycles. The minimum absolute atomic E-state index is 0.213. The van der Waals surface area contributed by atoms with Gasteiger partial charge in [0.2, 0.25) is 0 Å². The highest BCUT2D eigenvalue weighted by molar-refractivity contribution is 7.99. The Hall–Kier alpha value is -0.150. The average Bonchev–Trinajstić information content (AvgIpc) is 2.52. The molecule has 0 spiro atoms. The molecule has 0 radical (unpaired) electrons. The van der Waals surface area contributed by atoms with E-state index in [1.165, 1.54) is 0 Å². The minimum atomic E-state index is -0.705. The highest BCUT2D eigenvalue weighted by Gasteiger charge is 2.43. The lowest BCUT2D eigenvalue weighted by molar-refractivity contribution is 0.00379. The van der Waals surface area contributed by atoms with Crippen molar-refractivity contribution in [2.24, 2.45) is 5.41 Å². The first kappa shape index (κ1) is 10.4. The highest BCUT2D eigenvalue weighted by atomic mass is 32.2. The molecule has 1 N–H and O–H groups in total. The van der Waals surface area contributed by atoms with Crippen molar-refractivity contribution < 1.29 is 9.84 Å². The second-order valence-corrected chi connectivity index (χ2v) is 6.06. The normalized spacial score (nSPS) is 36.4. The molecule has 80 valence electrons. The Labute approximate surface area is 89.7 Å². The van der Waals surface area contributed by atoms with E-state index in [9.17, 15) is 5.11 Å². The first-order valence-corrected chi connectivity index (χ1v) is 6.31. The van der Waals surface area contributed by atoms with Gasteiger partial charge in [-0.15, -0.1) is 0 Å². The van der Waals surface area contributed by atoms with E-state index in [-0.39, 0.29) is 5.41 Å². The summed E-state index contributed by atoms with van der Waals surface area (Å²) in [5.41, 5.74) is -0.493. The zero-order valence-electron chi connectivity index (χ0n) is 8.88. The molecular weight excluding hydrogens is 196 g/mol. The van der Waals surface area contributed by atoms with Gasteiger partial charge in [0.1, 0.15) is 11.4 Å². The summed E-state index contributed by atoms with van der Waals surface area (Å²) in [6.07, 6.45) is 3.81. The highest BCUT2D eigenvalue weighted by Crippen LogP contribution is 2.43. The lowest BCUT2D eigenvalue weighted by atomic mass is 9.81. The molecule has 2 aliphatic heterocycles. The Kier molecular flexibility index (Phi) is 2.56. The van der Waals surface area contributed by atoms with Gasteiger partial charge in [-0.2, -0.15) is 11.8 Å². The zero-order valence-corrected chi connectivity index (χ0v) is 9.69. The van der Waals surface area contributed by atoms with Crippen LogP contribution in [-0.4, -0.2) is 28.8 Å². The molecule has 0 aromatic carbocycles. The summed E-state index contributed by atoms with van der Waals surface area (Å²) in [6.45, 7) is 5.15. The van der Waals surface area contributed by atoms with E-state index in [1.54, 1.807) is 0 Å². The Morgan fingerprint density at radius 2 is 2.21 bits per heavy atom. The third kappa shape index (κ3) is 1.94. The Bertz CT molecular complexity index is 260. The maximum absolute atomic E-state index is 10.5. The third-order valence-corrected chi connectivity index (χ3v) is 4.44. The molecule has 2 nitrogen and oxygen atoms in total. The van der Waals surface area contributed by atoms with Crippen molar-refractivity contribution >= 4 is 11.8 Å². The van der Waals surface area contributed by atoms with Crippen molar-refractivity contribution in [1.29, 1.82) is 0 Å². The number of thioether (sulfide) groups is 1. The minimum Gasteiger partial charge on any atom is -0.495 e. The topological polar surface area (TPSA) is 29.5 Å². The maximum Gasteiger partial charge on any atom is 0.131 e. The van der Waals surface area contributed by atoms with Gasteiger partial charge < -0.3 is 9.84 Å². The molecule has 1 fully saturated rings. The third-order valence-electron chi connectivity index (χ3n) is 2.77. The second kappa shape index (κ2) is 3.46. The maximum atomic E-state index is 10.5. The van der Waals surface area contributed by atoms with E-state index in [2.05, 4.69) is 13.8 Å². The van der Waals surface area contributed by atoms with Gasteiger partial charge in [-0.3, -0.25) is 0 Å². The predicted molar refractivity (Wildman–Crippen MR) is 59.3 cm³/mol. The van der Waals surface area contributed by atoms with Crippen LogP contribution in [0.15, 0.2) is 11.8 Å². The van der Waals surface area contributed by atoms with Crippen LogP contribution in [0.2, 0.25) is 0 Å². The lowest BCUT2D eigenvalue weighted by Crippen LogP contribution is -2.44. The summed E-state index contributed by atoms with van der Waals surface area (Å²) in [5.74, 6) is 2.72. The molecule has 1 atom stereocenters. The van der Waals surface area contributed by atoms with Crippen LogP contribution in [0, 0.1) is 5.41 Å². The Morgan fingerprint density at radius 3 is 2.79 bits per heavy atom. The smallest absolute Gasteiger partial charge is 0.131 e. The number of rotatable bonds is 1. The fraction of sp³-hybridized carbons (Fsp3) is 0.818. The van der Waals surface area contributed by atoms with E-state index >= 15 is 0 Å². The summed E-state index contributed by atoms with van der Waals surface area (Å²) < 4.78 is 5.49. The molecule has 0 amide bonds. The van der Waals surface area contributed by atoms with E-state index in [1.807, 2.05) is 17.8 Å². The molecule has 1 unspecified atom stereocenters. The van der Waals surface area contributed by atoms with Crippen molar-refractivity contribution in [1.82, 2.24) is 0 Å². The van der Waals surface area contributed by atoms with E-state index in [0.717, 1.165) is 36.7 Å². The zero-order chi connectivity index (χ0) is 10.2. The number of ether oxygens (including phenoxy) is 1. The number of aliphatic hydroxyl groups is 1. The van der Waals surface area contributed by atoms with Gasteiger partial charge in [0.25, 0.3) is 0 Å². The fourth-order valence-corrected chi connectivity index (χ4v) is 3.63. The predicted octanol–water partition coefficient (Wildman–Crippen LogP) is 2.18. The first-order chi connectivity index (χ1) is 6.52. The summed E-state index contributed by atoms with van der Waals surface area (Å²) >= 11 is 1.82. The van der Waals surface area contributed by atoms with Crippen molar-refractivity contribution in [3.05, 3.63) is 11.8 Å². The molecule has 2 heterocycles. The van der Waals surface area contributed by atoms with Crippen molar-refractivity contribution in [3.63, 3.8) is 0 Å². The Morgan fingerprint density at radius 1 is 1.43 bits per heavy atom. The molecule has 1 saturated heterocycles. The molecular formula is C11H18O2S. The van der Waals surface area contributed by atoms with Gasteiger partial charge in [0.15, 0.2) is 0 Å². The SMILES string of the molecule is CC1(C)CSCC(O)(C2=CCCO2)C1. The molecule has 0 aromatic rings. The van der Waals surface area contributed by atoms with Crippen LogP contribution in [0.1, 0.15) is 26.7 Å². The molecule has 0 bridgehead atoms. The van der Waals surface area contributed by atoms with Crippen molar-refractivity contribution in [2.45, 2.75) is 32.3 Å². The van der Waals surface area contributed by atoms with Crippen LogP contribution >= 0.6 is 11.8 Å². The van der Waals surface area contributed by atoms with Crippen molar-refractivity contribution in [3.8, 4) is 0 Å². The average molecular weight is 214 g/mol. The molecule has 2 aliphatic rings. The quantitative estimate of drug-likeness (QED) is 0.725. The van der Waals surface area contributed by atoms with E-state index in [0.29, 0.717) is 0 Å². The van der Waals surface area contributed by atoms with Crippen molar-refractivity contribution in [2.75, 3.05) is 18.1 Å². The lowest BCUT2D eigenvalue weighted by Gasteiger charge is -2.41. The number of hydrogen-bond acceptors (Lipinski definition) is 3. The van der Waals surface area contributed by atoms with Gasteiger partial charge in [-0.1, -0.05) is 13.8 Å². The van der Waals surface area contributed by atoms with Crippen LogP contribution in [0.5, 0.6) is 0 Å². The molecule has 14 heavy (non-hydrogen) atoms. The van der Waals surface area contributed by atoms with Crippen LogP contribution in [0.4, 0.5) is 0 Å². The fourth-order valence-electron chi connectivity index (χ4n) is 2.29. The molecule has 3 heteroatoms. The van der Waals surface area contributed by atoms with Crippen LogP contribution < -0.4 is 0 Å². The summed E-state index contributed by atoms with van der Waals surface area (Å²) in [7, 11) is 0. The first-order valence-electron chi connectivity index (χ1n) is 5.15. The summed E-state index contributed by atoms with van der Waals surface area (Å²) in [6, 6.07) is 0. The Balaban J connectivity index is 2.14. The van der Waals surface area contributed by atoms with E-state index in [4.69, 9.17) is 4.74 Å². The van der Waals surface area contributed by atoms with E-state index < -0.39 is 5.60 Å². The van der Waals surface area contributed by atoms with Crippen LogP contribution in [0.3, 0.4) is 0 Å². The van der Waals surface area contributed by atoms with Crippen LogP contribution in [-0.2, 0) is 4.74 Å². The standard InChI is InChI=1S/C11H18O2S/c1-10(2)6-11(12,8-14-7-10)9-4-3-5-13-9/h4,12H,3,5-8H2,1-2H3. The number of hydrogen-bond donors (Lipinski definition) is 1. The molecule has 0 aromatic heterocycles. The summed E-state index contributed by atoms with van der Waals surface area (Å²) in [4.78, 5) is 0. The molecule has 0 aliphatic carbocycles. The van der Waals surface area contributed by atoms with Gasteiger partial charge in [0, 0.05) is 12.2 Å². The largest absolute Gasteiger partial charge is 0.495 e. The second-order valence-electron chi connectivity index (χ2n) is 5.07. The van der Waals surface area contributed by atoms with Gasteiger partial charge in [0.05, 0.1) is 6.61 Å². The molecule has 2 rings (SSSR count). The van der Waals surface area contributed by atoms with Gasteiger partial charge in [-0.05, 0) is 23.7 Å². The summed E-state index contributed by atoms with van der Waals surface area (Å²) in [5, 5.41) is 10.5. The van der Waals surface area contributed by atoms with Gasteiger partial charge >= 0.3 is 0 Å². The van der Waals surface area contributed by atoms with Crippen LogP contribution in [0.25, 0.3) is 0 Å². The monoisotopic (exact) mass is 214 g/mol. The van der Waals surface area contributed by atoms with Gasteiger partial charge in [-0.25, -0.2) is 0 Å².